The quantitative estimate of drug-likeness (QED) is 0.248. The Morgan fingerprint density at radius 1 is 0.639 bits per heavy atom. The molecule has 0 spiro atoms. The maximum Gasteiger partial charge on any atom is 0.515 e. The molecule has 2 rings (SSSR count). The summed E-state index contributed by atoms with van der Waals surface area (Å²) < 4.78 is 30.4. The lowest BCUT2D eigenvalue weighted by Crippen LogP contribution is -2.30. The zero-order chi connectivity index (χ0) is 26.3. The molecule has 0 aliphatic rings. The first-order valence-electron chi connectivity index (χ1n) is 10.7. The molecule has 0 fully saturated rings. The van der Waals surface area contributed by atoms with E-state index < -0.39 is 30.9 Å². The molecule has 0 saturated carbocycles. The van der Waals surface area contributed by atoms with Crippen LogP contribution in [0.4, 0.5) is 25.8 Å². The molecule has 0 aliphatic carbocycles. The summed E-state index contributed by atoms with van der Waals surface area (Å²) in [6, 6.07) is 13.0. The lowest BCUT2D eigenvalue weighted by molar-refractivity contribution is -0.0951. The Bertz CT molecular complexity index is 967. The van der Waals surface area contributed by atoms with Crippen LogP contribution in [0.5, 0.6) is 11.5 Å². The summed E-state index contributed by atoms with van der Waals surface area (Å²) in [5, 5.41) is 4.99. The number of hydrogen-bond acceptors (Lipinski definition) is 9. The van der Waals surface area contributed by atoms with Crippen LogP contribution in [0.3, 0.4) is 0 Å². The molecule has 0 aromatic heterocycles. The molecule has 2 atom stereocenters. The first-order valence-corrected chi connectivity index (χ1v) is 10.7. The van der Waals surface area contributed by atoms with E-state index in [2.05, 4.69) is 10.6 Å². The zero-order valence-corrected chi connectivity index (χ0v) is 20.3. The maximum absolute atomic E-state index is 12.3. The van der Waals surface area contributed by atoms with Crippen LogP contribution >= 0.6 is 0 Å². The van der Waals surface area contributed by atoms with E-state index in [0.717, 1.165) is 0 Å². The number of carbonyl (C=O) groups excluding carboxylic acids is 3. The average molecular weight is 501 g/mol. The second-order valence-corrected chi connectivity index (χ2v) is 6.79. The fourth-order valence-electron chi connectivity index (χ4n) is 2.59. The van der Waals surface area contributed by atoms with Crippen molar-refractivity contribution in [1.29, 1.82) is 0 Å². The summed E-state index contributed by atoms with van der Waals surface area (Å²) in [7, 11) is 3.04. The Kier molecular flexibility index (Phi) is 11.2. The van der Waals surface area contributed by atoms with E-state index in [4.69, 9.17) is 28.4 Å². The second-order valence-electron chi connectivity index (χ2n) is 6.79. The lowest BCUT2D eigenvalue weighted by Gasteiger charge is -2.18. The highest BCUT2D eigenvalue weighted by Gasteiger charge is 2.22. The Labute approximate surface area is 208 Å². The number of carbonyl (C=O) groups is 3. The Hall–Kier alpha value is -4.67. The number of ether oxygens (including phenoxy) is 6. The number of nitrogens with one attached hydrogen (secondary N) is 2. The van der Waals surface area contributed by atoms with Crippen LogP contribution in [0.1, 0.15) is 13.8 Å². The van der Waals surface area contributed by atoms with Gasteiger partial charge in [-0.3, -0.25) is 10.6 Å². The van der Waals surface area contributed by atoms with Gasteiger partial charge in [-0.15, -0.1) is 0 Å². The summed E-state index contributed by atoms with van der Waals surface area (Å²) >= 11 is 0. The summed E-state index contributed by atoms with van der Waals surface area (Å²) in [5.74, 6) is 1.23. The zero-order valence-electron chi connectivity index (χ0n) is 20.3. The molecule has 2 unspecified atom stereocenters. The molecule has 0 saturated heterocycles. The Morgan fingerprint density at radius 2 is 1.00 bits per heavy atom. The van der Waals surface area contributed by atoms with Gasteiger partial charge in [0.15, 0.2) is 0 Å². The molecule has 0 heterocycles. The van der Waals surface area contributed by atoms with E-state index in [1.165, 1.54) is 38.5 Å². The van der Waals surface area contributed by atoms with Crippen LogP contribution < -0.4 is 20.1 Å². The molecule has 11 nitrogen and oxygen atoms in total. The predicted octanol–water partition coefficient (Wildman–Crippen LogP) is 5.46. The van der Waals surface area contributed by atoms with Crippen molar-refractivity contribution in [2.24, 2.45) is 0 Å². The molecule has 2 amide bonds. The summed E-state index contributed by atoms with van der Waals surface area (Å²) in [5.41, 5.74) is 0.874. The largest absolute Gasteiger partial charge is 0.515 e. The van der Waals surface area contributed by atoms with Gasteiger partial charge in [0.25, 0.3) is 12.6 Å². The van der Waals surface area contributed by atoms with Crippen molar-refractivity contribution < 1.29 is 42.8 Å². The van der Waals surface area contributed by atoms with E-state index in [0.29, 0.717) is 22.9 Å². The maximum atomic E-state index is 12.3. The normalized spacial score (nSPS) is 12.3. The van der Waals surface area contributed by atoms with Gasteiger partial charge in [-0.25, -0.2) is 14.4 Å². The smallest absolute Gasteiger partial charge is 0.497 e. The van der Waals surface area contributed by atoms with Gasteiger partial charge in [-0.1, -0.05) is 12.2 Å². The van der Waals surface area contributed by atoms with Crippen molar-refractivity contribution in [2.45, 2.75) is 26.4 Å². The molecule has 2 aromatic rings. The first kappa shape index (κ1) is 27.6. The van der Waals surface area contributed by atoms with E-state index in [9.17, 15) is 14.4 Å². The van der Waals surface area contributed by atoms with Crippen molar-refractivity contribution in [3.05, 3.63) is 72.8 Å². The van der Waals surface area contributed by atoms with Crippen molar-refractivity contribution in [1.82, 2.24) is 0 Å². The van der Waals surface area contributed by atoms with Crippen molar-refractivity contribution >= 4 is 29.7 Å². The van der Waals surface area contributed by atoms with Crippen molar-refractivity contribution in [3.8, 4) is 11.5 Å². The minimum Gasteiger partial charge on any atom is -0.497 e. The Morgan fingerprint density at radius 3 is 1.31 bits per heavy atom. The number of anilines is 2. The summed E-state index contributed by atoms with van der Waals surface area (Å²) in [6.07, 6.45) is -0.141. The molecule has 36 heavy (non-hydrogen) atoms. The minimum atomic E-state index is -1.40. The fraction of sp³-hybridized carbons (Fsp3) is 0.240. The van der Waals surface area contributed by atoms with Gasteiger partial charge in [-0.2, -0.15) is 0 Å². The number of benzene rings is 2. The Balaban J connectivity index is 1.90. The highest BCUT2D eigenvalue weighted by molar-refractivity contribution is 5.85. The minimum absolute atomic E-state index is 0.437. The van der Waals surface area contributed by atoms with Crippen LogP contribution in [0.2, 0.25) is 0 Å². The molecular weight excluding hydrogens is 472 g/mol. The first-order chi connectivity index (χ1) is 17.4. The molecule has 11 heteroatoms. The second kappa shape index (κ2) is 14.6. The molecule has 0 bridgehead atoms. The van der Waals surface area contributed by atoms with E-state index >= 15 is 0 Å². The third-order valence-electron chi connectivity index (χ3n) is 4.24. The molecule has 2 aromatic carbocycles. The number of methoxy groups -OCH3 is 2. The standard InChI is InChI=1S/C25H28N2O9/c1-5-7-21(33-23(28)26-17-9-13-19(31-3)14-10-17)35-25(30)36-22(8-6-2)34-24(29)27-18-11-15-20(32-4)16-12-18/h5-16,21-22H,1-4H3,(H,26,28)(H,27,29). The molecule has 192 valence electrons. The van der Waals surface area contributed by atoms with Crippen molar-refractivity contribution in [3.63, 3.8) is 0 Å². The predicted molar refractivity (Wildman–Crippen MR) is 131 cm³/mol. The van der Waals surface area contributed by atoms with Crippen LogP contribution in [0, 0.1) is 0 Å². The monoisotopic (exact) mass is 500 g/mol. The van der Waals surface area contributed by atoms with E-state index in [1.807, 2.05) is 0 Å². The van der Waals surface area contributed by atoms with Gasteiger partial charge in [0.1, 0.15) is 11.5 Å². The van der Waals surface area contributed by atoms with Gasteiger partial charge in [0.05, 0.1) is 14.2 Å². The van der Waals surface area contributed by atoms with Crippen LogP contribution in [-0.4, -0.2) is 45.1 Å². The number of amides is 2. The van der Waals surface area contributed by atoms with E-state index in [-0.39, 0.29) is 0 Å². The van der Waals surface area contributed by atoms with Crippen LogP contribution in [-0.2, 0) is 18.9 Å². The highest BCUT2D eigenvalue weighted by atomic mass is 16.8. The number of allylic oxidation sites excluding steroid dienone is 2. The number of hydrogen-bond donors (Lipinski definition) is 2. The SMILES string of the molecule is CC=CC(OC(=O)Nc1ccc(OC)cc1)OC(=O)OC(C=CC)OC(=O)Nc1ccc(OC)cc1. The highest BCUT2D eigenvalue weighted by Crippen LogP contribution is 2.17. The summed E-state index contributed by atoms with van der Waals surface area (Å²) in [4.78, 5) is 36.7. The molecule has 0 radical (unpaired) electrons. The van der Waals surface area contributed by atoms with Gasteiger partial charge >= 0.3 is 18.3 Å². The average Bonchev–Trinajstić information content (AvgIpc) is 2.85. The number of rotatable bonds is 10. The molecular formula is C25H28N2O9. The molecule has 2 N–H and O–H groups in total. The third kappa shape index (κ3) is 9.67. The van der Waals surface area contributed by atoms with Crippen molar-refractivity contribution in [2.75, 3.05) is 24.9 Å². The van der Waals surface area contributed by atoms with Gasteiger partial charge in [-0.05, 0) is 74.5 Å². The van der Waals surface area contributed by atoms with Crippen LogP contribution in [0.15, 0.2) is 72.8 Å². The van der Waals surface area contributed by atoms with Gasteiger partial charge in [0.2, 0.25) is 0 Å². The summed E-state index contributed by atoms with van der Waals surface area (Å²) in [6.45, 7) is 3.28. The van der Waals surface area contributed by atoms with Crippen LogP contribution in [0.25, 0.3) is 0 Å². The van der Waals surface area contributed by atoms with E-state index in [1.54, 1.807) is 62.4 Å². The fourth-order valence-corrected chi connectivity index (χ4v) is 2.59. The molecule has 0 aliphatic heterocycles. The van der Waals surface area contributed by atoms with Gasteiger partial charge < -0.3 is 28.4 Å². The lowest BCUT2D eigenvalue weighted by atomic mass is 10.3. The topological polar surface area (TPSA) is 131 Å². The van der Waals surface area contributed by atoms with Gasteiger partial charge in [0, 0.05) is 11.4 Å². The third-order valence-corrected chi connectivity index (χ3v) is 4.24.